The molecule has 0 heterocycles. The van der Waals surface area contributed by atoms with Crippen LogP contribution in [0.5, 0.6) is 0 Å². The van der Waals surface area contributed by atoms with Crippen molar-refractivity contribution < 1.29 is 20.1 Å². The van der Waals surface area contributed by atoms with Crippen LogP contribution < -0.4 is 0 Å². The minimum absolute atomic E-state index is 0. The second kappa shape index (κ2) is 39.8. The fourth-order valence-corrected chi connectivity index (χ4v) is 0. The molecule has 0 fully saturated rings. The van der Waals surface area contributed by atoms with Crippen molar-refractivity contribution in [3.8, 4) is 0 Å². The molecule has 0 nitrogen and oxygen atoms in total. The van der Waals surface area contributed by atoms with Gasteiger partial charge in [-0.25, -0.2) is 39.2 Å². The largest absolute Gasteiger partial charge is 0.245 e. The van der Waals surface area contributed by atoms with Crippen LogP contribution in [0.1, 0.15) is 0 Å². The fourth-order valence-electron chi connectivity index (χ4n) is 0. The van der Waals surface area contributed by atoms with Gasteiger partial charge in [0.25, 0.3) is 0 Å². The van der Waals surface area contributed by atoms with Gasteiger partial charge in [-0.3, -0.25) is 0 Å². The van der Waals surface area contributed by atoms with E-state index in [4.69, 9.17) is 0 Å². The molecule has 45 valence electrons. The van der Waals surface area contributed by atoms with E-state index in [0.717, 1.165) is 0 Å². The van der Waals surface area contributed by atoms with Gasteiger partial charge in [0.1, 0.15) is 0 Å². The van der Waals surface area contributed by atoms with E-state index >= 15 is 0 Å². The van der Waals surface area contributed by atoms with Crippen LogP contribution in [0.15, 0.2) is 25.3 Å². The van der Waals surface area contributed by atoms with Crippen LogP contribution in [-0.4, -0.2) is 0 Å². The quantitative estimate of drug-likeness (QED) is 0.593. The van der Waals surface area contributed by atoms with Crippen LogP contribution in [0.2, 0.25) is 0 Å². The van der Waals surface area contributed by atoms with Crippen molar-refractivity contribution in [2.75, 3.05) is 0 Å². The molecule has 0 aliphatic rings. The summed E-state index contributed by atoms with van der Waals surface area (Å²) in [6.07, 6.45) is 3.00. The molecule has 0 aromatic rings. The molecular formula is C6H10Ir-2. The maximum Gasteiger partial charge on any atom is 0 e. The predicted octanol–water partition coefficient (Wildman–Crippen LogP) is 2.01. The first-order valence-corrected chi connectivity index (χ1v) is 1.63. The van der Waals surface area contributed by atoms with Crippen LogP contribution in [0, 0.1) is 13.8 Å². The van der Waals surface area contributed by atoms with Gasteiger partial charge in [-0.1, -0.05) is 0 Å². The Kier molecular flexibility index (Phi) is 89.9. The van der Waals surface area contributed by atoms with Crippen molar-refractivity contribution in [2.45, 2.75) is 0 Å². The standard InChI is InChI=1S/2C3H5.Ir/c2*1-3-2;/h2*3H,1-2H2;/q2*-1;. The SMILES string of the molecule is C=C[CH2-].C=C[CH2-].[Ir]. The molecule has 0 rings (SSSR count). The van der Waals surface area contributed by atoms with Crippen LogP contribution in [-0.2, 0) is 20.1 Å². The third-order valence-corrected chi connectivity index (χ3v) is 0. The van der Waals surface area contributed by atoms with Gasteiger partial charge in [0, 0.05) is 20.1 Å². The summed E-state index contributed by atoms with van der Waals surface area (Å²) in [5.74, 6) is 0. The van der Waals surface area contributed by atoms with Gasteiger partial charge < -0.3 is 0 Å². The molecule has 0 saturated heterocycles. The molecule has 0 spiro atoms. The third kappa shape index (κ3) is 5150. The molecule has 0 aliphatic heterocycles. The normalized spacial score (nSPS) is 3.43. The number of hydrogen-bond donors (Lipinski definition) is 0. The summed E-state index contributed by atoms with van der Waals surface area (Å²) < 4.78 is 0. The van der Waals surface area contributed by atoms with E-state index in [2.05, 4.69) is 27.0 Å². The number of allylic oxidation sites excluding steroid dienone is 2. The maximum absolute atomic E-state index is 3.25. The Bertz CT molecular complexity index is 25.2. The third-order valence-electron chi connectivity index (χ3n) is 0. The molecular weight excluding hydrogens is 264 g/mol. The van der Waals surface area contributed by atoms with Crippen molar-refractivity contribution in [1.82, 2.24) is 0 Å². The summed E-state index contributed by atoms with van der Waals surface area (Å²) in [7, 11) is 0. The van der Waals surface area contributed by atoms with Gasteiger partial charge in [-0.15, -0.1) is 0 Å². The topological polar surface area (TPSA) is 0 Å². The van der Waals surface area contributed by atoms with Gasteiger partial charge in [-0.05, 0) is 0 Å². The average Bonchev–Trinajstić information content (AvgIpc) is 1.39. The minimum Gasteiger partial charge on any atom is -0.245 e. The molecule has 0 N–H and O–H groups in total. The molecule has 7 heavy (non-hydrogen) atoms. The predicted molar refractivity (Wildman–Crippen MR) is 31.1 cm³/mol. The second-order valence-electron chi connectivity index (χ2n) is 0.577. The molecule has 0 aromatic carbocycles. The van der Waals surface area contributed by atoms with E-state index < -0.39 is 0 Å². The number of rotatable bonds is 0. The van der Waals surface area contributed by atoms with Crippen molar-refractivity contribution in [1.29, 1.82) is 0 Å². The Morgan fingerprint density at radius 3 is 1.00 bits per heavy atom. The maximum atomic E-state index is 3.25. The smallest absolute Gasteiger partial charge is 0 e. The van der Waals surface area contributed by atoms with Crippen molar-refractivity contribution in [3.63, 3.8) is 0 Å². The minimum atomic E-state index is 0. The summed E-state index contributed by atoms with van der Waals surface area (Å²) in [6, 6.07) is 0. The van der Waals surface area contributed by atoms with E-state index in [1.165, 1.54) is 12.2 Å². The van der Waals surface area contributed by atoms with Gasteiger partial charge >= 0.3 is 0 Å². The molecule has 1 radical (unpaired) electrons. The number of hydrogen-bond acceptors (Lipinski definition) is 0. The monoisotopic (exact) mass is 275 g/mol. The Hall–Kier alpha value is -0.131. The first-order chi connectivity index (χ1) is 2.83. The van der Waals surface area contributed by atoms with Crippen LogP contribution in [0.25, 0.3) is 0 Å². The van der Waals surface area contributed by atoms with E-state index in [1.807, 2.05) is 0 Å². The Balaban J connectivity index is -0.0000000400. The van der Waals surface area contributed by atoms with Crippen molar-refractivity contribution >= 4 is 0 Å². The first-order valence-electron chi connectivity index (χ1n) is 1.63. The first kappa shape index (κ1) is 15.8. The van der Waals surface area contributed by atoms with E-state index in [0.29, 0.717) is 0 Å². The zero-order valence-corrected chi connectivity index (χ0v) is 6.71. The van der Waals surface area contributed by atoms with Crippen LogP contribution >= 0.6 is 0 Å². The molecule has 0 unspecified atom stereocenters. The molecule has 1 heteroatoms. The summed E-state index contributed by atoms with van der Waals surface area (Å²) in [6.45, 7) is 13.0. The fraction of sp³-hybridized carbons (Fsp3) is 0. The van der Waals surface area contributed by atoms with E-state index in [9.17, 15) is 0 Å². The average molecular weight is 274 g/mol. The second-order valence-corrected chi connectivity index (χ2v) is 0.577. The Morgan fingerprint density at radius 1 is 1.00 bits per heavy atom. The van der Waals surface area contributed by atoms with Gasteiger partial charge in [0.15, 0.2) is 0 Å². The Morgan fingerprint density at radius 2 is 1.00 bits per heavy atom. The van der Waals surface area contributed by atoms with E-state index in [-0.39, 0.29) is 20.1 Å². The molecule has 0 bridgehead atoms. The Labute approximate surface area is 59.7 Å². The summed E-state index contributed by atoms with van der Waals surface area (Å²) >= 11 is 0. The zero-order valence-electron chi connectivity index (χ0n) is 4.32. The summed E-state index contributed by atoms with van der Waals surface area (Å²) in [5, 5.41) is 0. The van der Waals surface area contributed by atoms with Gasteiger partial charge in [-0.2, -0.15) is 0 Å². The summed E-state index contributed by atoms with van der Waals surface area (Å²) in [4.78, 5) is 0. The molecule has 0 saturated carbocycles. The van der Waals surface area contributed by atoms with Crippen LogP contribution in [0.4, 0.5) is 0 Å². The zero-order chi connectivity index (χ0) is 5.41. The van der Waals surface area contributed by atoms with Crippen molar-refractivity contribution in [2.24, 2.45) is 0 Å². The molecule has 0 atom stereocenters. The van der Waals surface area contributed by atoms with E-state index in [1.54, 1.807) is 0 Å². The van der Waals surface area contributed by atoms with Gasteiger partial charge in [0.2, 0.25) is 0 Å². The van der Waals surface area contributed by atoms with Crippen LogP contribution in [0.3, 0.4) is 0 Å². The van der Waals surface area contributed by atoms with Crippen molar-refractivity contribution in [3.05, 3.63) is 39.2 Å². The molecule has 0 amide bonds. The molecule has 0 aliphatic carbocycles. The van der Waals surface area contributed by atoms with Gasteiger partial charge in [0.05, 0.1) is 0 Å². The summed E-state index contributed by atoms with van der Waals surface area (Å²) in [5.41, 5.74) is 0. The molecule has 0 aromatic heterocycles.